The van der Waals surface area contributed by atoms with Gasteiger partial charge in [0.05, 0.1) is 17.2 Å². The average molecular weight is 253 g/mol. The van der Waals surface area contributed by atoms with Crippen molar-refractivity contribution in [3.05, 3.63) is 47.7 Å². The van der Waals surface area contributed by atoms with Crippen molar-refractivity contribution >= 4 is 11.5 Å². The average Bonchev–Trinajstić information content (AvgIpc) is 2.41. The Bertz CT molecular complexity index is 675. The molecule has 0 saturated heterocycles. The lowest BCUT2D eigenvalue weighted by atomic mass is 10.1. The summed E-state index contributed by atoms with van der Waals surface area (Å²) in [6, 6.07) is 9.85. The van der Waals surface area contributed by atoms with E-state index in [1.165, 1.54) is 19.2 Å². The van der Waals surface area contributed by atoms with E-state index in [0.29, 0.717) is 22.6 Å². The van der Waals surface area contributed by atoms with E-state index < -0.39 is 0 Å². The van der Waals surface area contributed by atoms with Gasteiger partial charge in [0, 0.05) is 18.0 Å². The fourth-order valence-corrected chi connectivity index (χ4v) is 1.56. The molecule has 1 aromatic heterocycles. The van der Waals surface area contributed by atoms with Crippen LogP contribution in [-0.4, -0.2) is 10.8 Å². The summed E-state index contributed by atoms with van der Waals surface area (Å²) in [4.78, 5) is 15.5. The molecule has 0 amide bonds. The maximum absolute atomic E-state index is 11.5. The molecule has 2 rings (SSSR count). The molecule has 0 bridgehead atoms. The number of anilines is 1. The number of rotatable bonds is 3. The highest BCUT2D eigenvalue weighted by atomic mass is 16.5. The molecular weight excluding hydrogens is 242 g/mol. The van der Waals surface area contributed by atoms with Gasteiger partial charge in [-0.25, -0.2) is 4.98 Å². The lowest BCUT2D eigenvalue weighted by Gasteiger charge is -2.09. The van der Waals surface area contributed by atoms with Gasteiger partial charge in [-0.05, 0) is 31.2 Å². The maximum Gasteiger partial charge on any atom is 0.220 e. The summed E-state index contributed by atoms with van der Waals surface area (Å²) < 4.78 is 5.53. The first kappa shape index (κ1) is 12.6. The van der Waals surface area contributed by atoms with E-state index in [-0.39, 0.29) is 11.7 Å². The first-order valence-electron chi connectivity index (χ1n) is 5.54. The Morgan fingerprint density at radius 2 is 2.16 bits per heavy atom. The van der Waals surface area contributed by atoms with Crippen molar-refractivity contribution in [2.24, 2.45) is 0 Å². The van der Waals surface area contributed by atoms with Crippen molar-refractivity contribution in [3.63, 3.8) is 0 Å². The summed E-state index contributed by atoms with van der Waals surface area (Å²) in [5.41, 5.74) is 6.93. The largest absolute Gasteiger partial charge is 0.438 e. The summed E-state index contributed by atoms with van der Waals surface area (Å²) in [5, 5.41) is 8.80. The number of aromatic nitrogens is 1. The number of carbonyl (C=O) groups is 1. The van der Waals surface area contributed by atoms with Gasteiger partial charge in [-0.15, -0.1) is 0 Å². The van der Waals surface area contributed by atoms with Crippen LogP contribution >= 0.6 is 0 Å². The van der Waals surface area contributed by atoms with E-state index in [4.69, 9.17) is 15.7 Å². The first-order valence-corrected chi connectivity index (χ1v) is 5.54. The molecule has 1 heterocycles. The number of nitrogens with zero attached hydrogens (tertiary/aromatic N) is 2. The fraction of sp³-hybridized carbons (Fsp3) is 0.0714. The predicted octanol–water partition coefficient (Wildman–Crippen LogP) is 2.53. The number of ether oxygens (including phenoxy) is 1. The molecule has 0 fully saturated rings. The third-order valence-corrected chi connectivity index (χ3v) is 2.46. The molecule has 1 aromatic carbocycles. The van der Waals surface area contributed by atoms with Gasteiger partial charge in [0.25, 0.3) is 0 Å². The molecule has 0 aliphatic rings. The van der Waals surface area contributed by atoms with E-state index >= 15 is 0 Å². The first-order chi connectivity index (χ1) is 9.10. The van der Waals surface area contributed by atoms with E-state index in [9.17, 15) is 4.79 Å². The van der Waals surface area contributed by atoms with Crippen LogP contribution in [0, 0.1) is 11.3 Å². The Morgan fingerprint density at radius 1 is 1.37 bits per heavy atom. The second-order valence-electron chi connectivity index (χ2n) is 3.91. The van der Waals surface area contributed by atoms with Gasteiger partial charge in [-0.2, -0.15) is 5.26 Å². The highest BCUT2D eigenvalue weighted by Gasteiger charge is 2.10. The number of pyridine rings is 1. The number of hydrogen-bond acceptors (Lipinski definition) is 5. The van der Waals surface area contributed by atoms with Gasteiger partial charge in [0.2, 0.25) is 5.88 Å². The SMILES string of the molecule is CC(=O)c1cc(N)ccc1Oc1cc(C#N)ccn1. The van der Waals surface area contributed by atoms with Crippen LogP contribution in [0.3, 0.4) is 0 Å². The van der Waals surface area contributed by atoms with Crippen LogP contribution in [0.5, 0.6) is 11.6 Å². The number of hydrogen-bond donors (Lipinski definition) is 1. The summed E-state index contributed by atoms with van der Waals surface area (Å²) in [7, 11) is 0. The molecule has 94 valence electrons. The molecule has 2 aromatic rings. The minimum Gasteiger partial charge on any atom is -0.438 e. The van der Waals surface area contributed by atoms with Crippen LogP contribution < -0.4 is 10.5 Å². The minimum atomic E-state index is -0.154. The Balaban J connectivity index is 2.38. The van der Waals surface area contributed by atoms with Crippen LogP contribution in [0.15, 0.2) is 36.5 Å². The van der Waals surface area contributed by atoms with Gasteiger partial charge < -0.3 is 10.5 Å². The van der Waals surface area contributed by atoms with Crippen molar-refractivity contribution in [2.75, 3.05) is 5.73 Å². The maximum atomic E-state index is 11.5. The smallest absolute Gasteiger partial charge is 0.220 e. The molecule has 0 aliphatic heterocycles. The fourth-order valence-electron chi connectivity index (χ4n) is 1.56. The van der Waals surface area contributed by atoms with E-state index in [0.717, 1.165) is 0 Å². The third kappa shape index (κ3) is 2.87. The number of nitrogens with two attached hydrogens (primary N) is 1. The molecule has 19 heavy (non-hydrogen) atoms. The van der Waals surface area contributed by atoms with Crippen molar-refractivity contribution in [1.82, 2.24) is 4.98 Å². The number of carbonyl (C=O) groups excluding carboxylic acids is 1. The molecule has 0 saturated carbocycles. The summed E-state index contributed by atoms with van der Waals surface area (Å²) in [6.07, 6.45) is 1.47. The zero-order valence-electron chi connectivity index (χ0n) is 10.3. The number of nitrogen functional groups attached to an aromatic ring is 1. The topological polar surface area (TPSA) is 89.0 Å². The van der Waals surface area contributed by atoms with Crippen LogP contribution in [0.2, 0.25) is 0 Å². The number of benzene rings is 1. The molecule has 2 N–H and O–H groups in total. The number of Topliss-reactive ketones (excluding diaryl/α,β-unsaturated/α-hetero) is 1. The van der Waals surface area contributed by atoms with Gasteiger partial charge in [-0.3, -0.25) is 4.79 Å². The molecule has 0 atom stereocenters. The van der Waals surface area contributed by atoms with E-state index in [1.54, 1.807) is 24.3 Å². The van der Waals surface area contributed by atoms with Crippen LogP contribution in [0.1, 0.15) is 22.8 Å². The molecule has 0 unspecified atom stereocenters. The minimum absolute atomic E-state index is 0.154. The summed E-state index contributed by atoms with van der Waals surface area (Å²) in [6.45, 7) is 1.43. The lowest BCUT2D eigenvalue weighted by Crippen LogP contribution is -1.99. The van der Waals surface area contributed by atoms with Gasteiger partial charge in [0.1, 0.15) is 5.75 Å². The van der Waals surface area contributed by atoms with Gasteiger partial charge >= 0.3 is 0 Å². The Morgan fingerprint density at radius 3 is 2.84 bits per heavy atom. The molecule has 0 spiro atoms. The summed E-state index contributed by atoms with van der Waals surface area (Å²) >= 11 is 0. The van der Waals surface area contributed by atoms with Crippen molar-refractivity contribution in [1.29, 1.82) is 5.26 Å². The van der Waals surface area contributed by atoms with Crippen LogP contribution in [0.25, 0.3) is 0 Å². The highest BCUT2D eigenvalue weighted by Crippen LogP contribution is 2.26. The monoisotopic (exact) mass is 253 g/mol. The Labute approximate surface area is 110 Å². The summed E-state index contributed by atoms with van der Waals surface area (Å²) in [5.74, 6) is 0.467. The second-order valence-corrected chi connectivity index (χ2v) is 3.91. The Hall–Kier alpha value is -2.87. The van der Waals surface area contributed by atoms with Gasteiger partial charge in [0.15, 0.2) is 5.78 Å². The third-order valence-electron chi connectivity index (χ3n) is 2.46. The Kier molecular flexibility index (Phi) is 3.44. The molecule has 5 heteroatoms. The number of ketones is 1. The molecule has 0 aliphatic carbocycles. The van der Waals surface area contributed by atoms with Gasteiger partial charge in [-0.1, -0.05) is 0 Å². The van der Waals surface area contributed by atoms with E-state index in [1.807, 2.05) is 6.07 Å². The van der Waals surface area contributed by atoms with Crippen molar-refractivity contribution in [3.8, 4) is 17.7 Å². The van der Waals surface area contributed by atoms with E-state index in [2.05, 4.69) is 4.98 Å². The predicted molar refractivity (Wildman–Crippen MR) is 69.9 cm³/mol. The molecule has 5 nitrogen and oxygen atoms in total. The highest BCUT2D eigenvalue weighted by molar-refractivity contribution is 5.97. The zero-order valence-corrected chi connectivity index (χ0v) is 10.3. The molecular formula is C14H11N3O2. The van der Waals surface area contributed by atoms with Crippen molar-refractivity contribution < 1.29 is 9.53 Å². The van der Waals surface area contributed by atoms with Crippen molar-refractivity contribution in [2.45, 2.75) is 6.92 Å². The number of nitriles is 1. The zero-order chi connectivity index (χ0) is 13.8. The second kappa shape index (κ2) is 5.19. The molecule has 0 radical (unpaired) electrons. The quantitative estimate of drug-likeness (QED) is 0.670. The lowest BCUT2D eigenvalue weighted by molar-refractivity contribution is 0.101. The van der Waals surface area contributed by atoms with Crippen LogP contribution in [0.4, 0.5) is 5.69 Å². The van der Waals surface area contributed by atoms with Crippen LogP contribution in [-0.2, 0) is 0 Å². The normalized spacial score (nSPS) is 9.68. The standard InChI is InChI=1S/C14H11N3O2/c1-9(18)12-7-11(16)2-3-13(12)19-14-6-10(8-15)4-5-17-14/h2-7H,16H2,1H3.